The first-order chi connectivity index (χ1) is 8.61. The lowest BCUT2D eigenvalue weighted by atomic mass is 10.2. The largest absolute Gasteiger partial charge is 0.383 e. The van der Waals surface area contributed by atoms with E-state index in [4.69, 9.17) is 5.73 Å². The highest BCUT2D eigenvalue weighted by Gasteiger charge is 2.11. The van der Waals surface area contributed by atoms with Crippen LogP contribution in [0.25, 0.3) is 11.5 Å². The zero-order valence-corrected chi connectivity index (χ0v) is 11.4. The Labute approximate surface area is 113 Å². The SMILES string of the molecule is CCCc1nc(-c2ccc(F)cn2)nc(N)c1Br. The van der Waals surface area contributed by atoms with E-state index >= 15 is 0 Å². The third-order valence-corrected chi connectivity index (χ3v) is 3.25. The maximum absolute atomic E-state index is 12.8. The summed E-state index contributed by atoms with van der Waals surface area (Å²) in [6.45, 7) is 2.06. The maximum Gasteiger partial charge on any atom is 0.180 e. The second-order valence-corrected chi connectivity index (χ2v) is 4.60. The molecule has 6 heteroatoms. The monoisotopic (exact) mass is 310 g/mol. The van der Waals surface area contributed by atoms with Gasteiger partial charge in [-0.3, -0.25) is 0 Å². The fourth-order valence-electron chi connectivity index (χ4n) is 1.54. The van der Waals surface area contributed by atoms with Gasteiger partial charge < -0.3 is 5.73 Å². The zero-order chi connectivity index (χ0) is 13.1. The van der Waals surface area contributed by atoms with Gasteiger partial charge in [0.2, 0.25) is 0 Å². The summed E-state index contributed by atoms with van der Waals surface area (Å²) in [5.74, 6) is 0.395. The number of hydrogen-bond donors (Lipinski definition) is 1. The molecule has 0 fully saturated rings. The quantitative estimate of drug-likeness (QED) is 0.946. The number of pyridine rings is 1. The number of aromatic nitrogens is 3. The van der Waals surface area contributed by atoms with Crippen molar-refractivity contribution in [3.8, 4) is 11.5 Å². The molecule has 0 unspecified atom stereocenters. The van der Waals surface area contributed by atoms with E-state index in [2.05, 4.69) is 37.8 Å². The minimum atomic E-state index is -0.391. The summed E-state index contributed by atoms with van der Waals surface area (Å²) >= 11 is 3.37. The van der Waals surface area contributed by atoms with E-state index in [0.717, 1.165) is 29.2 Å². The van der Waals surface area contributed by atoms with E-state index in [-0.39, 0.29) is 0 Å². The fourth-order valence-corrected chi connectivity index (χ4v) is 1.91. The number of nitrogen functional groups attached to an aromatic ring is 1. The number of nitrogens with two attached hydrogens (primary N) is 1. The van der Waals surface area contributed by atoms with Crippen LogP contribution in [-0.4, -0.2) is 15.0 Å². The third kappa shape index (κ3) is 2.64. The summed E-state index contributed by atoms with van der Waals surface area (Å²) in [7, 11) is 0. The van der Waals surface area contributed by atoms with Crippen LogP contribution < -0.4 is 5.73 Å². The van der Waals surface area contributed by atoms with Gasteiger partial charge in [0.05, 0.1) is 16.4 Å². The lowest BCUT2D eigenvalue weighted by Gasteiger charge is -2.07. The summed E-state index contributed by atoms with van der Waals surface area (Å²) in [6.07, 6.45) is 2.88. The average Bonchev–Trinajstić information content (AvgIpc) is 2.36. The van der Waals surface area contributed by atoms with Gasteiger partial charge in [0.25, 0.3) is 0 Å². The van der Waals surface area contributed by atoms with Crippen molar-refractivity contribution < 1.29 is 4.39 Å². The second-order valence-electron chi connectivity index (χ2n) is 3.80. The summed E-state index contributed by atoms with van der Waals surface area (Å²) < 4.78 is 13.5. The van der Waals surface area contributed by atoms with Crippen LogP contribution in [0, 0.1) is 5.82 Å². The first-order valence-electron chi connectivity index (χ1n) is 5.55. The highest BCUT2D eigenvalue weighted by atomic mass is 79.9. The van der Waals surface area contributed by atoms with Crippen LogP contribution >= 0.6 is 15.9 Å². The molecule has 2 heterocycles. The molecule has 4 nitrogen and oxygen atoms in total. The third-order valence-electron chi connectivity index (χ3n) is 2.39. The van der Waals surface area contributed by atoms with Crippen molar-refractivity contribution in [1.29, 1.82) is 0 Å². The minimum absolute atomic E-state index is 0.370. The summed E-state index contributed by atoms with van der Waals surface area (Å²) in [5.41, 5.74) is 7.17. The molecule has 2 rings (SSSR count). The molecule has 0 radical (unpaired) electrons. The van der Waals surface area contributed by atoms with Crippen molar-refractivity contribution in [3.63, 3.8) is 0 Å². The molecule has 0 bridgehead atoms. The lowest BCUT2D eigenvalue weighted by Crippen LogP contribution is -2.03. The molecule has 0 aliphatic rings. The van der Waals surface area contributed by atoms with Gasteiger partial charge in [-0.05, 0) is 34.5 Å². The first kappa shape index (κ1) is 12.9. The molecule has 2 aromatic rings. The van der Waals surface area contributed by atoms with E-state index in [1.54, 1.807) is 0 Å². The van der Waals surface area contributed by atoms with Crippen molar-refractivity contribution in [2.75, 3.05) is 5.73 Å². The molecule has 0 atom stereocenters. The molecule has 0 spiro atoms. The number of anilines is 1. The number of halogens is 2. The Bertz CT molecular complexity index is 557. The van der Waals surface area contributed by atoms with Gasteiger partial charge in [-0.15, -0.1) is 0 Å². The Morgan fingerprint density at radius 1 is 1.33 bits per heavy atom. The molecule has 94 valence electrons. The minimum Gasteiger partial charge on any atom is -0.383 e. The number of nitrogens with zero attached hydrogens (tertiary/aromatic N) is 3. The normalized spacial score (nSPS) is 10.6. The Morgan fingerprint density at radius 3 is 2.72 bits per heavy atom. The van der Waals surface area contributed by atoms with Crippen molar-refractivity contribution in [3.05, 3.63) is 34.3 Å². The van der Waals surface area contributed by atoms with E-state index in [0.29, 0.717) is 17.3 Å². The Morgan fingerprint density at radius 2 is 2.11 bits per heavy atom. The summed E-state index contributed by atoms with van der Waals surface area (Å²) in [6, 6.07) is 2.86. The molecule has 0 saturated heterocycles. The van der Waals surface area contributed by atoms with Crippen LogP contribution in [0.15, 0.2) is 22.8 Å². The van der Waals surface area contributed by atoms with Gasteiger partial charge >= 0.3 is 0 Å². The van der Waals surface area contributed by atoms with E-state index in [1.165, 1.54) is 12.1 Å². The van der Waals surface area contributed by atoms with Gasteiger partial charge in [-0.25, -0.2) is 19.3 Å². The van der Waals surface area contributed by atoms with Crippen molar-refractivity contribution in [2.24, 2.45) is 0 Å². The van der Waals surface area contributed by atoms with Crippen molar-refractivity contribution in [2.45, 2.75) is 19.8 Å². The smallest absolute Gasteiger partial charge is 0.180 e. The lowest BCUT2D eigenvalue weighted by molar-refractivity contribution is 0.621. The van der Waals surface area contributed by atoms with Gasteiger partial charge in [0, 0.05) is 0 Å². The van der Waals surface area contributed by atoms with Gasteiger partial charge in [0.1, 0.15) is 17.3 Å². The Kier molecular flexibility index (Phi) is 3.86. The Balaban J connectivity index is 2.48. The van der Waals surface area contributed by atoms with E-state index < -0.39 is 5.82 Å². The molecule has 0 aliphatic carbocycles. The number of hydrogen-bond acceptors (Lipinski definition) is 4. The fraction of sp³-hybridized carbons (Fsp3) is 0.250. The van der Waals surface area contributed by atoms with Gasteiger partial charge in [0.15, 0.2) is 5.82 Å². The molecule has 2 N–H and O–H groups in total. The van der Waals surface area contributed by atoms with Crippen LogP contribution in [0.1, 0.15) is 19.0 Å². The van der Waals surface area contributed by atoms with Crippen molar-refractivity contribution >= 4 is 21.7 Å². The number of aryl methyl sites for hydroxylation is 1. The molecular formula is C12H12BrFN4. The summed E-state index contributed by atoms with van der Waals surface area (Å²) in [4.78, 5) is 12.5. The van der Waals surface area contributed by atoms with Crippen LogP contribution in [0.3, 0.4) is 0 Å². The average molecular weight is 311 g/mol. The first-order valence-corrected chi connectivity index (χ1v) is 6.35. The van der Waals surface area contributed by atoms with Crippen LogP contribution in [0.2, 0.25) is 0 Å². The molecule has 0 amide bonds. The van der Waals surface area contributed by atoms with Crippen LogP contribution in [-0.2, 0) is 6.42 Å². The molecule has 0 aromatic carbocycles. The predicted molar refractivity (Wildman–Crippen MR) is 71.3 cm³/mol. The summed E-state index contributed by atoms with van der Waals surface area (Å²) in [5, 5.41) is 0. The standard InChI is InChI=1S/C12H12BrFN4/c1-2-3-8-10(13)11(15)18-12(17-8)9-5-4-7(14)6-16-9/h4-6H,2-3H2,1H3,(H2,15,17,18). The second kappa shape index (κ2) is 5.39. The molecule has 2 aromatic heterocycles. The highest BCUT2D eigenvalue weighted by Crippen LogP contribution is 2.25. The topological polar surface area (TPSA) is 64.7 Å². The molecule has 0 aliphatic heterocycles. The van der Waals surface area contributed by atoms with Crippen LogP contribution in [0.4, 0.5) is 10.2 Å². The van der Waals surface area contributed by atoms with Gasteiger partial charge in [-0.1, -0.05) is 13.3 Å². The van der Waals surface area contributed by atoms with E-state index in [9.17, 15) is 4.39 Å². The highest BCUT2D eigenvalue weighted by molar-refractivity contribution is 9.10. The zero-order valence-electron chi connectivity index (χ0n) is 9.82. The Hall–Kier alpha value is -1.56. The van der Waals surface area contributed by atoms with Crippen molar-refractivity contribution in [1.82, 2.24) is 15.0 Å². The maximum atomic E-state index is 12.8. The van der Waals surface area contributed by atoms with Crippen LogP contribution in [0.5, 0.6) is 0 Å². The predicted octanol–water partition coefficient (Wildman–Crippen LogP) is 2.97. The molecule has 0 saturated carbocycles. The molecule has 18 heavy (non-hydrogen) atoms. The number of rotatable bonds is 3. The molecular weight excluding hydrogens is 299 g/mol. The van der Waals surface area contributed by atoms with E-state index in [1.807, 2.05) is 0 Å². The van der Waals surface area contributed by atoms with Gasteiger partial charge in [-0.2, -0.15) is 0 Å².